The summed E-state index contributed by atoms with van der Waals surface area (Å²) in [5.41, 5.74) is 5.05. The summed E-state index contributed by atoms with van der Waals surface area (Å²) in [5.74, 6) is -0.401. The minimum atomic E-state index is -1.05. The number of aliphatic carboxylic acids is 1. The van der Waals surface area contributed by atoms with Crippen LogP contribution in [0.25, 0.3) is 0 Å². The first-order chi connectivity index (χ1) is 4.18. The molecule has 0 aliphatic heterocycles. The van der Waals surface area contributed by atoms with Crippen molar-refractivity contribution in [3.8, 4) is 0 Å². The molecule has 0 bridgehead atoms. The minimum absolute atomic E-state index is 0. The van der Waals surface area contributed by atoms with Crippen LogP contribution in [0.4, 0.5) is 0 Å². The molecule has 0 aromatic carbocycles. The van der Waals surface area contributed by atoms with E-state index in [1.54, 1.807) is 0 Å². The van der Waals surface area contributed by atoms with Gasteiger partial charge in [-0.25, -0.2) is 11.8 Å². The molecule has 0 amide bonds. The largest absolute Gasteiger partial charge is 2.00 e. The Morgan fingerprint density at radius 3 is 2.70 bits per heavy atom. The van der Waals surface area contributed by atoms with Crippen molar-refractivity contribution in [3.05, 3.63) is 12.5 Å². The molecule has 0 saturated heterocycles. The first kappa shape index (κ1) is 12.8. The number of carbonyl (C=O) groups is 1. The van der Waals surface area contributed by atoms with Crippen molar-refractivity contribution in [2.24, 2.45) is 5.73 Å². The van der Waals surface area contributed by atoms with Gasteiger partial charge in [-0.3, -0.25) is 4.79 Å². The fourth-order valence-electron chi connectivity index (χ4n) is 0.260. The molecule has 0 aromatic rings. The zero-order chi connectivity index (χ0) is 7.28. The molecule has 10 heavy (non-hydrogen) atoms. The number of hydrogen-bond donors (Lipinski definition) is 2. The smallest absolute Gasteiger partial charge is 0.504 e. The fourth-order valence-corrected chi connectivity index (χ4v) is 0.607. The van der Waals surface area contributed by atoms with Gasteiger partial charge in [0.1, 0.15) is 5.97 Å². The fraction of sp³-hybridized carbons (Fsp3) is 0.400. The normalized spacial score (nSPS) is 8.20. The SMILES string of the molecule is CSC[CH-][C-](N)C(=O)O.[Fe+2]. The van der Waals surface area contributed by atoms with Gasteiger partial charge in [-0.2, -0.15) is 5.75 Å². The quantitative estimate of drug-likeness (QED) is 0.503. The van der Waals surface area contributed by atoms with E-state index in [4.69, 9.17) is 10.8 Å². The summed E-state index contributed by atoms with van der Waals surface area (Å²) in [6.07, 6.45) is 3.36. The van der Waals surface area contributed by atoms with Crippen LogP contribution in [0.3, 0.4) is 0 Å². The first-order valence-electron chi connectivity index (χ1n) is 2.36. The van der Waals surface area contributed by atoms with Crippen LogP contribution in [0.15, 0.2) is 0 Å². The van der Waals surface area contributed by atoms with Gasteiger partial charge in [0.05, 0.1) is 0 Å². The minimum Gasteiger partial charge on any atom is -0.504 e. The zero-order valence-electron chi connectivity index (χ0n) is 5.48. The van der Waals surface area contributed by atoms with Gasteiger partial charge in [0.25, 0.3) is 0 Å². The third-order valence-corrected chi connectivity index (χ3v) is 1.22. The van der Waals surface area contributed by atoms with E-state index < -0.39 is 5.97 Å². The monoisotopic (exact) mass is 203 g/mol. The summed E-state index contributed by atoms with van der Waals surface area (Å²) in [5, 5.41) is 8.21. The number of rotatable bonds is 4. The molecular weight excluding hydrogens is 194 g/mol. The van der Waals surface area contributed by atoms with E-state index in [1.807, 2.05) is 6.26 Å². The van der Waals surface area contributed by atoms with Crippen LogP contribution in [-0.4, -0.2) is 23.1 Å². The van der Waals surface area contributed by atoms with Crippen LogP contribution in [0.1, 0.15) is 0 Å². The predicted molar refractivity (Wildman–Crippen MR) is 37.7 cm³/mol. The van der Waals surface area contributed by atoms with Gasteiger partial charge in [-0.15, -0.1) is 0 Å². The molecule has 3 N–H and O–H groups in total. The van der Waals surface area contributed by atoms with E-state index in [0.29, 0.717) is 5.75 Å². The van der Waals surface area contributed by atoms with Gasteiger partial charge >= 0.3 is 17.1 Å². The van der Waals surface area contributed by atoms with E-state index in [0.717, 1.165) is 0 Å². The summed E-state index contributed by atoms with van der Waals surface area (Å²) >= 11 is 1.53. The van der Waals surface area contributed by atoms with E-state index in [1.165, 1.54) is 18.2 Å². The Balaban J connectivity index is 0. The molecule has 0 rings (SSSR count). The van der Waals surface area contributed by atoms with Gasteiger partial charge in [0.15, 0.2) is 0 Å². The average Bonchev–Trinajstić information content (AvgIpc) is 1.82. The van der Waals surface area contributed by atoms with Crippen molar-refractivity contribution in [1.29, 1.82) is 0 Å². The number of nitrogens with two attached hydrogens (primary N) is 1. The van der Waals surface area contributed by atoms with E-state index in [9.17, 15) is 4.79 Å². The molecule has 0 spiro atoms. The van der Waals surface area contributed by atoms with Gasteiger partial charge in [0, 0.05) is 0 Å². The van der Waals surface area contributed by atoms with Crippen molar-refractivity contribution >= 4 is 17.7 Å². The molecule has 0 fully saturated rings. The Labute approximate surface area is 75.2 Å². The Kier molecular flexibility index (Phi) is 9.32. The van der Waals surface area contributed by atoms with Crippen molar-refractivity contribution < 1.29 is 27.0 Å². The molecule has 0 aliphatic carbocycles. The molecule has 0 atom stereocenters. The average molecular weight is 203 g/mol. The van der Waals surface area contributed by atoms with Crippen molar-refractivity contribution in [3.63, 3.8) is 0 Å². The van der Waals surface area contributed by atoms with Crippen molar-refractivity contribution in [2.75, 3.05) is 12.0 Å². The molecule has 3 nitrogen and oxygen atoms in total. The maximum absolute atomic E-state index is 10.0. The topological polar surface area (TPSA) is 63.3 Å². The first-order valence-corrected chi connectivity index (χ1v) is 3.75. The molecular formula is C5H9FeNO2S. The van der Waals surface area contributed by atoms with Crippen LogP contribution in [-0.2, 0) is 21.9 Å². The Hall–Kier alpha value is 0.169. The second kappa shape index (κ2) is 7.28. The van der Waals surface area contributed by atoms with E-state index >= 15 is 0 Å². The zero-order valence-corrected chi connectivity index (χ0v) is 7.40. The molecule has 0 saturated carbocycles. The molecule has 0 unspecified atom stereocenters. The van der Waals surface area contributed by atoms with Gasteiger partial charge < -0.3 is 23.3 Å². The second-order valence-electron chi connectivity index (χ2n) is 1.42. The molecule has 0 aliphatic rings. The van der Waals surface area contributed by atoms with Crippen LogP contribution in [0, 0.1) is 12.5 Å². The molecule has 5 heteroatoms. The maximum Gasteiger partial charge on any atom is 2.00 e. The van der Waals surface area contributed by atoms with E-state index in [2.05, 4.69) is 0 Å². The summed E-state index contributed by atoms with van der Waals surface area (Å²) in [7, 11) is 0. The van der Waals surface area contributed by atoms with Gasteiger partial charge in [-0.1, -0.05) is 0 Å². The van der Waals surface area contributed by atoms with Crippen LogP contribution in [0.2, 0.25) is 0 Å². The third kappa shape index (κ3) is 6.29. The number of carboxylic acid groups (broad SMARTS) is 1. The summed E-state index contributed by atoms with van der Waals surface area (Å²) in [6.45, 7) is 0. The third-order valence-electron chi connectivity index (χ3n) is 0.717. The standard InChI is InChI=1S/C5H9NO2S.Fe/c1-9-3-2-4(6)5(7)8;/h2H,3,6H2,1H3,(H,7,8);/q-2;+2. The molecule has 0 radical (unpaired) electrons. The Bertz CT molecular complexity index is 102. The molecule has 0 heterocycles. The molecule has 0 aromatic heterocycles. The second-order valence-corrected chi connectivity index (χ2v) is 2.33. The number of hydrogen-bond acceptors (Lipinski definition) is 3. The maximum atomic E-state index is 10.0. The Morgan fingerprint density at radius 1 is 1.90 bits per heavy atom. The number of thioether (sulfide) groups is 1. The van der Waals surface area contributed by atoms with E-state index in [-0.39, 0.29) is 23.1 Å². The summed E-state index contributed by atoms with van der Waals surface area (Å²) in [4.78, 5) is 10.0. The summed E-state index contributed by atoms with van der Waals surface area (Å²) in [6, 6.07) is -0.0793. The Morgan fingerprint density at radius 2 is 2.40 bits per heavy atom. The predicted octanol–water partition coefficient (Wildman–Crippen LogP) is 0.126. The number of carboxylic acids is 1. The van der Waals surface area contributed by atoms with Crippen LogP contribution in [0.5, 0.6) is 0 Å². The van der Waals surface area contributed by atoms with Crippen molar-refractivity contribution in [2.45, 2.75) is 0 Å². The summed E-state index contributed by atoms with van der Waals surface area (Å²) < 4.78 is 0. The van der Waals surface area contributed by atoms with Gasteiger partial charge in [-0.05, 0) is 6.26 Å². The molecule has 60 valence electrons. The van der Waals surface area contributed by atoms with Crippen LogP contribution < -0.4 is 5.73 Å². The van der Waals surface area contributed by atoms with Crippen LogP contribution >= 0.6 is 11.8 Å². The van der Waals surface area contributed by atoms with Crippen molar-refractivity contribution in [1.82, 2.24) is 0 Å². The van der Waals surface area contributed by atoms with Gasteiger partial charge in [0.2, 0.25) is 0 Å².